The Morgan fingerprint density at radius 2 is 1.61 bits per heavy atom. The molecule has 1 amide bonds. The molecule has 0 spiro atoms. The largest absolute Gasteiger partial charge is 0.490 e. The predicted octanol–water partition coefficient (Wildman–Crippen LogP) is 0.981. The van der Waals surface area contributed by atoms with Crippen LogP contribution in [0.3, 0.4) is 0 Å². The van der Waals surface area contributed by atoms with Crippen molar-refractivity contribution >= 4 is 11.9 Å². The Morgan fingerprint density at radius 3 is 1.94 bits per heavy atom. The standard InChI is InChI=1S/C8H16N2O.C2HF3O2/c9-8(11)4-7-10-5-2-1-3-6-10;3-2(4,5)1(6)7/h1-7H2,(H2,9,11);(H,6,7). The number of rotatable bonds is 3. The van der Waals surface area contributed by atoms with Crippen molar-refractivity contribution in [2.45, 2.75) is 31.9 Å². The van der Waals surface area contributed by atoms with Crippen LogP contribution in [-0.2, 0) is 9.59 Å². The molecule has 0 saturated carbocycles. The van der Waals surface area contributed by atoms with Gasteiger partial charge in [-0.3, -0.25) is 4.79 Å². The second-order valence-corrected chi connectivity index (χ2v) is 3.92. The molecule has 18 heavy (non-hydrogen) atoms. The average molecular weight is 270 g/mol. The molecule has 1 aliphatic rings. The van der Waals surface area contributed by atoms with Gasteiger partial charge in [-0.25, -0.2) is 4.79 Å². The summed E-state index contributed by atoms with van der Waals surface area (Å²) in [7, 11) is 0. The molecule has 0 unspecified atom stereocenters. The predicted molar refractivity (Wildman–Crippen MR) is 57.8 cm³/mol. The molecule has 0 bridgehead atoms. The van der Waals surface area contributed by atoms with Gasteiger partial charge >= 0.3 is 12.1 Å². The van der Waals surface area contributed by atoms with E-state index in [2.05, 4.69) is 4.90 Å². The summed E-state index contributed by atoms with van der Waals surface area (Å²) in [5, 5.41) is 7.12. The van der Waals surface area contributed by atoms with E-state index < -0.39 is 12.1 Å². The number of carboxylic acids is 1. The molecule has 1 rings (SSSR count). The Kier molecular flexibility index (Phi) is 7.33. The van der Waals surface area contributed by atoms with E-state index in [1.165, 1.54) is 19.3 Å². The molecule has 0 aromatic carbocycles. The van der Waals surface area contributed by atoms with Crippen molar-refractivity contribution in [3.8, 4) is 0 Å². The van der Waals surface area contributed by atoms with Gasteiger partial charge in [-0.15, -0.1) is 0 Å². The number of aliphatic carboxylic acids is 1. The van der Waals surface area contributed by atoms with Crippen LogP contribution < -0.4 is 5.73 Å². The van der Waals surface area contributed by atoms with Crippen LogP contribution in [0.1, 0.15) is 25.7 Å². The molecule has 0 atom stereocenters. The van der Waals surface area contributed by atoms with Crippen molar-refractivity contribution in [2.24, 2.45) is 5.73 Å². The van der Waals surface area contributed by atoms with Crippen molar-refractivity contribution in [1.82, 2.24) is 4.90 Å². The van der Waals surface area contributed by atoms with Gasteiger partial charge in [-0.2, -0.15) is 13.2 Å². The number of halogens is 3. The van der Waals surface area contributed by atoms with E-state index in [1.807, 2.05) is 0 Å². The minimum Gasteiger partial charge on any atom is -0.475 e. The second-order valence-electron chi connectivity index (χ2n) is 3.92. The van der Waals surface area contributed by atoms with Gasteiger partial charge in [0, 0.05) is 13.0 Å². The third kappa shape index (κ3) is 8.80. The lowest BCUT2D eigenvalue weighted by atomic mass is 10.1. The SMILES string of the molecule is NC(=O)CCN1CCCCC1.O=C(O)C(F)(F)F. The molecule has 0 radical (unpaired) electrons. The van der Waals surface area contributed by atoms with Crippen molar-refractivity contribution < 1.29 is 27.9 Å². The highest BCUT2D eigenvalue weighted by Gasteiger charge is 2.38. The smallest absolute Gasteiger partial charge is 0.475 e. The number of alkyl halides is 3. The molecule has 5 nitrogen and oxygen atoms in total. The molecule has 1 heterocycles. The van der Waals surface area contributed by atoms with Gasteiger partial charge in [-0.05, 0) is 25.9 Å². The van der Waals surface area contributed by atoms with Gasteiger partial charge in [-0.1, -0.05) is 6.42 Å². The Bertz CT molecular complexity index is 276. The quantitative estimate of drug-likeness (QED) is 0.800. The van der Waals surface area contributed by atoms with Gasteiger partial charge in [0.05, 0.1) is 0 Å². The minimum absolute atomic E-state index is 0.185. The summed E-state index contributed by atoms with van der Waals surface area (Å²) < 4.78 is 31.7. The van der Waals surface area contributed by atoms with Crippen LogP contribution in [0.2, 0.25) is 0 Å². The van der Waals surface area contributed by atoms with E-state index in [1.54, 1.807) is 0 Å². The van der Waals surface area contributed by atoms with Gasteiger partial charge in [0.1, 0.15) is 0 Å². The molecule has 0 aromatic rings. The Morgan fingerprint density at radius 1 is 1.17 bits per heavy atom. The fraction of sp³-hybridized carbons (Fsp3) is 0.800. The van der Waals surface area contributed by atoms with Crippen molar-refractivity contribution in [2.75, 3.05) is 19.6 Å². The zero-order valence-corrected chi connectivity index (χ0v) is 9.87. The number of likely N-dealkylation sites (tertiary alicyclic amines) is 1. The summed E-state index contributed by atoms with van der Waals surface area (Å²) >= 11 is 0. The normalized spacial score (nSPS) is 16.6. The van der Waals surface area contributed by atoms with Crippen molar-refractivity contribution in [3.05, 3.63) is 0 Å². The maximum absolute atomic E-state index is 10.6. The van der Waals surface area contributed by atoms with Crippen LogP contribution in [0.15, 0.2) is 0 Å². The van der Waals surface area contributed by atoms with E-state index in [9.17, 15) is 18.0 Å². The first-order valence-electron chi connectivity index (χ1n) is 5.54. The summed E-state index contributed by atoms with van der Waals surface area (Å²) in [6.45, 7) is 3.15. The minimum atomic E-state index is -5.08. The monoisotopic (exact) mass is 270 g/mol. The molecule has 3 N–H and O–H groups in total. The lowest BCUT2D eigenvalue weighted by molar-refractivity contribution is -0.192. The lowest BCUT2D eigenvalue weighted by Crippen LogP contribution is -2.32. The molecule has 0 aromatic heterocycles. The number of nitrogens with two attached hydrogens (primary N) is 1. The Hall–Kier alpha value is -1.31. The number of carboxylic acid groups (broad SMARTS) is 1. The average Bonchev–Trinajstić information content (AvgIpc) is 2.27. The molecule has 1 aliphatic heterocycles. The molecule has 1 saturated heterocycles. The number of hydrogen-bond donors (Lipinski definition) is 2. The first-order chi connectivity index (χ1) is 8.23. The number of carbonyl (C=O) groups is 2. The highest BCUT2D eigenvalue weighted by molar-refractivity contribution is 5.73. The van der Waals surface area contributed by atoms with Gasteiger partial charge in [0.15, 0.2) is 0 Å². The maximum atomic E-state index is 10.6. The van der Waals surface area contributed by atoms with Crippen LogP contribution in [0.25, 0.3) is 0 Å². The highest BCUT2D eigenvalue weighted by Crippen LogP contribution is 2.13. The first kappa shape index (κ1) is 16.7. The lowest BCUT2D eigenvalue weighted by Gasteiger charge is -2.25. The summed E-state index contributed by atoms with van der Waals surface area (Å²) in [5.41, 5.74) is 5.04. The summed E-state index contributed by atoms with van der Waals surface area (Å²) in [5.74, 6) is -2.94. The molecule has 1 fully saturated rings. The fourth-order valence-corrected chi connectivity index (χ4v) is 1.45. The van der Waals surface area contributed by atoms with Crippen molar-refractivity contribution in [1.29, 1.82) is 0 Å². The first-order valence-corrected chi connectivity index (χ1v) is 5.54. The van der Waals surface area contributed by atoms with Crippen LogP contribution in [0.5, 0.6) is 0 Å². The van der Waals surface area contributed by atoms with Gasteiger partial charge < -0.3 is 15.7 Å². The highest BCUT2D eigenvalue weighted by atomic mass is 19.4. The Balaban J connectivity index is 0.000000360. The maximum Gasteiger partial charge on any atom is 0.490 e. The summed E-state index contributed by atoms with van der Waals surface area (Å²) in [6, 6.07) is 0. The molecule has 0 aliphatic carbocycles. The number of hydrogen-bond acceptors (Lipinski definition) is 3. The fourth-order valence-electron chi connectivity index (χ4n) is 1.45. The zero-order valence-electron chi connectivity index (χ0n) is 9.87. The third-order valence-electron chi connectivity index (χ3n) is 2.37. The number of nitrogens with zero attached hydrogens (tertiary/aromatic N) is 1. The Labute approximate surface area is 103 Å². The molecular formula is C10H17F3N2O3. The van der Waals surface area contributed by atoms with E-state index >= 15 is 0 Å². The third-order valence-corrected chi connectivity index (χ3v) is 2.37. The molecular weight excluding hydrogens is 253 g/mol. The van der Waals surface area contributed by atoms with Gasteiger partial charge in [0.25, 0.3) is 0 Å². The summed E-state index contributed by atoms with van der Waals surface area (Å²) in [6.07, 6.45) is -0.676. The van der Waals surface area contributed by atoms with E-state index in [-0.39, 0.29) is 5.91 Å². The van der Waals surface area contributed by atoms with Crippen LogP contribution in [-0.4, -0.2) is 47.7 Å². The number of primary amides is 1. The molecule has 106 valence electrons. The van der Waals surface area contributed by atoms with Crippen molar-refractivity contribution in [3.63, 3.8) is 0 Å². The topological polar surface area (TPSA) is 83.6 Å². The number of carbonyl (C=O) groups excluding carboxylic acids is 1. The van der Waals surface area contributed by atoms with Crippen LogP contribution in [0.4, 0.5) is 13.2 Å². The number of piperidine rings is 1. The zero-order chi connectivity index (χ0) is 14.2. The van der Waals surface area contributed by atoms with E-state index in [0.29, 0.717) is 6.42 Å². The van der Waals surface area contributed by atoms with Crippen LogP contribution in [0, 0.1) is 0 Å². The summed E-state index contributed by atoms with van der Waals surface area (Å²) in [4.78, 5) is 21.6. The van der Waals surface area contributed by atoms with E-state index in [4.69, 9.17) is 15.6 Å². The molecule has 8 heteroatoms. The van der Waals surface area contributed by atoms with E-state index in [0.717, 1.165) is 19.6 Å². The number of amides is 1. The van der Waals surface area contributed by atoms with Crippen LogP contribution >= 0.6 is 0 Å². The van der Waals surface area contributed by atoms with Gasteiger partial charge in [0.2, 0.25) is 5.91 Å². The second kappa shape index (κ2) is 7.91.